The summed E-state index contributed by atoms with van der Waals surface area (Å²) in [5, 5.41) is 52.3. The molecule has 5 fully saturated rings. The van der Waals surface area contributed by atoms with Crippen LogP contribution in [0, 0.1) is 44.8 Å². The second kappa shape index (κ2) is 11.2. The predicted octanol–water partition coefficient (Wildman–Crippen LogP) is 4.65. The van der Waals surface area contributed by atoms with Crippen LogP contribution in [0.5, 0.6) is 0 Å². The first kappa shape index (κ1) is 35.7. The number of aliphatic hydroxyl groups is 5. The van der Waals surface area contributed by atoms with Crippen LogP contribution in [0.2, 0.25) is 0 Å². The number of hydrogen-bond donors (Lipinski definition) is 5. The molecule has 0 aromatic rings. The first-order chi connectivity index (χ1) is 21.6. The molecule has 6 aliphatic rings. The van der Waals surface area contributed by atoms with Crippen molar-refractivity contribution in [1.82, 2.24) is 0 Å². The van der Waals surface area contributed by atoms with Crippen molar-refractivity contribution < 1.29 is 44.5 Å². The molecular weight excluding hydrogens is 600 g/mol. The van der Waals surface area contributed by atoms with Gasteiger partial charge in [-0.3, -0.25) is 4.79 Å². The monoisotopic (exact) mass is 662 g/mol. The smallest absolute Gasteiger partial charge is 0.317 e. The molecule has 47 heavy (non-hydrogen) atoms. The van der Waals surface area contributed by atoms with E-state index in [9.17, 15) is 30.3 Å². The Bertz CT molecular complexity index is 1270. The zero-order chi connectivity index (χ0) is 34.8. The lowest BCUT2D eigenvalue weighted by molar-refractivity contribution is -0.328. The van der Waals surface area contributed by atoms with Gasteiger partial charge in [0.25, 0.3) is 0 Å². The van der Waals surface area contributed by atoms with Gasteiger partial charge in [-0.15, -0.1) is 0 Å². The minimum absolute atomic E-state index is 0.0421. The highest BCUT2D eigenvalue weighted by atomic mass is 16.7. The fourth-order valence-electron chi connectivity index (χ4n) is 11.8. The number of ether oxygens (including phenoxy) is 3. The molecule has 3 saturated carbocycles. The SMILES string of the molecule is CC(CCC(C)(O)C(C)(C)C)C1CCC23C(=O)OC4(CCC12C)C3=CCC1C(C)(C)C(OC2OC(CO)C(O)C(O)C2O)CCC14C. The van der Waals surface area contributed by atoms with Crippen LogP contribution in [-0.4, -0.2) is 86.1 Å². The number of fused-ring (bicyclic) bond motifs is 1. The van der Waals surface area contributed by atoms with Gasteiger partial charge >= 0.3 is 5.97 Å². The third-order valence-electron chi connectivity index (χ3n) is 15.6. The van der Waals surface area contributed by atoms with E-state index in [1.807, 2.05) is 6.92 Å². The average Bonchev–Trinajstić information content (AvgIpc) is 3.41. The van der Waals surface area contributed by atoms with E-state index in [1.165, 1.54) is 5.57 Å². The zero-order valence-electron chi connectivity index (χ0n) is 30.2. The maximum Gasteiger partial charge on any atom is 0.317 e. The summed E-state index contributed by atoms with van der Waals surface area (Å²) in [7, 11) is 0. The van der Waals surface area contributed by atoms with Crippen molar-refractivity contribution >= 4 is 5.97 Å². The van der Waals surface area contributed by atoms with E-state index in [0.29, 0.717) is 18.3 Å². The maximum absolute atomic E-state index is 14.5. The van der Waals surface area contributed by atoms with Crippen molar-refractivity contribution in [2.24, 2.45) is 44.8 Å². The van der Waals surface area contributed by atoms with Crippen molar-refractivity contribution in [3.63, 3.8) is 0 Å². The molecular formula is C38H62O9. The van der Waals surface area contributed by atoms with Gasteiger partial charge in [0, 0.05) is 5.41 Å². The minimum Gasteiger partial charge on any atom is -0.453 e. The highest BCUT2D eigenvalue weighted by molar-refractivity contribution is 5.88. The van der Waals surface area contributed by atoms with Crippen molar-refractivity contribution in [3.05, 3.63) is 11.6 Å². The van der Waals surface area contributed by atoms with Crippen LogP contribution in [0.4, 0.5) is 0 Å². The zero-order valence-corrected chi connectivity index (χ0v) is 30.2. The van der Waals surface area contributed by atoms with Gasteiger partial charge in [0.1, 0.15) is 30.0 Å². The Hall–Kier alpha value is -1.07. The highest BCUT2D eigenvalue weighted by Crippen LogP contribution is 2.79. The third-order valence-corrected chi connectivity index (χ3v) is 15.6. The van der Waals surface area contributed by atoms with Gasteiger partial charge in [0.05, 0.1) is 23.7 Å². The third kappa shape index (κ3) is 4.69. The molecule has 4 aliphatic carbocycles. The number of esters is 1. The summed E-state index contributed by atoms with van der Waals surface area (Å²) in [6.07, 6.45) is 2.83. The summed E-state index contributed by atoms with van der Waals surface area (Å²) in [5.74, 6) is 0.813. The Morgan fingerprint density at radius 3 is 2.28 bits per heavy atom. The standard InChI is InChI=1S/C38H62O9/c1-21(12-16-36(9,44)32(2,3)4)22-13-17-37-25-11-10-24-33(5,6)26(46-30-29(42)28(41)27(40)23(20-39)45-30)14-15-35(24,8)38(25,47-31(37)43)19-18-34(22,37)7/h11,21-24,26-30,39-42,44H,10,12-20H2,1-9H3. The summed E-state index contributed by atoms with van der Waals surface area (Å²) in [4.78, 5) is 14.5. The van der Waals surface area contributed by atoms with Crippen molar-refractivity contribution in [3.8, 4) is 0 Å². The normalized spacial score (nSPS) is 49.2. The van der Waals surface area contributed by atoms with Gasteiger partial charge in [-0.25, -0.2) is 0 Å². The number of aliphatic hydroxyl groups excluding tert-OH is 4. The van der Waals surface area contributed by atoms with Crippen LogP contribution in [-0.2, 0) is 19.0 Å². The molecule has 9 heteroatoms. The van der Waals surface area contributed by atoms with Gasteiger partial charge in [0.2, 0.25) is 0 Å². The summed E-state index contributed by atoms with van der Waals surface area (Å²) >= 11 is 0. The first-order valence-electron chi connectivity index (χ1n) is 18.3. The molecule has 268 valence electrons. The molecule has 2 heterocycles. The second-order valence-corrected chi connectivity index (χ2v) is 18.7. The minimum atomic E-state index is -1.49. The summed E-state index contributed by atoms with van der Waals surface area (Å²) < 4.78 is 19.0. The van der Waals surface area contributed by atoms with Crippen molar-refractivity contribution in [1.29, 1.82) is 0 Å². The Labute approximate surface area is 281 Å². The first-order valence-corrected chi connectivity index (χ1v) is 18.3. The van der Waals surface area contributed by atoms with Crippen LogP contribution < -0.4 is 0 Å². The van der Waals surface area contributed by atoms with Crippen LogP contribution in [0.15, 0.2) is 11.6 Å². The van der Waals surface area contributed by atoms with Crippen LogP contribution in [0.3, 0.4) is 0 Å². The molecule has 5 N–H and O–H groups in total. The van der Waals surface area contributed by atoms with E-state index >= 15 is 0 Å². The molecule has 0 aromatic heterocycles. The van der Waals surface area contributed by atoms with Gasteiger partial charge in [-0.1, -0.05) is 61.5 Å². The van der Waals surface area contributed by atoms with Crippen LogP contribution >= 0.6 is 0 Å². The molecule has 2 saturated heterocycles. The lowest BCUT2D eigenvalue weighted by Gasteiger charge is -2.64. The number of carbonyl (C=O) groups is 1. The molecule has 2 bridgehead atoms. The molecule has 0 aromatic carbocycles. The summed E-state index contributed by atoms with van der Waals surface area (Å²) in [6.45, 7) is 19.1. The molecule has 14 atom stereocenters. The fourth-order valence-corrected chi connectivity index (χ4v) is 11.8. The van der Waals surface area contributed by atoms with Gasteiger partial charge in [-0.2, -0.15) is 0 Å². The highest BCUT2D eigenvalue weighted by Gasteiger charge is 2.80. The Kier molecular flexibility index (Phi) is 8.53. The maximum atomic E-state index is 14.5. The van der Waals surface area contributed by atoms with E-state index in [4.69, 9.17) is 14.2 Å². The molecule has 1 spiro atoms. The Morgan fingerprint density at radius 2 is 1.64 bits per heavy atom. The largest absolute Gasteiger partial charge is 0.453 e. The van der Waals surface area contributed by atoms with Gasteiger partial charge < -0.3 is 39.7 Å². The topological polar surface area (TPSA) is 146 Å². The Morgan fingerprint density at radius 1 is 0.957 bits per heavy atom. The number of rotatable bonds is 7. The number of allylic oxidation sites excluding steroid dienone is 1. The van der Waals surface area contributed by atoms with Crippen molar-refractivity contribution in [2.45, 2.75) is 168 Å². The second-order valence-electron chi connectivity index (χ2n) is 18.7. The Balaban J connectivity index is 1.26. The molecule has 9 nitrogen and oxygen atoms in total. The average molecular weight is 663 g/mol. The molecule has 2 aliphatic heterocycles. The van der Waals surface area contributed by atoms with Gasteiger partial charge in [0.15, 0.2) is 6.29 Å². The lowest BCUT2D eigenvalue weighted by Crippen LogP contribution is -2.66. The summed E-state index contributed by atoms with van der Waals surface area (Å²) in [6, 6.07) is 0. The molecule has 0 radical (unpaired) electrons. The van der Waals surface area contributed by atoms with Gasteiger partial charge in [-0.05, 0) is 104 Å². The number of carbonyl (C=O) groups excluding carboxylic acids is 1. The number of hydrogen-bond acceptors (Lipinski definition) is 9. The fraction of sp³-hybridized carbons (Fsp3) is 0.921. The van der Waals surface area contributed by atoms with E-state index in [-0.39, 0.29) is 34.2 Å². The quantitative estimate of drug-likeness (QED) is 0.194. The molecule has 14 unspecified atom stereocenters. The lowest BCUT2D eigenvalue weighted by atomic mass is 9.40. The molecule has 6 rings (SSSR count). The van der Waals surface area contributed by atoms with E-state index in [2.05, 4.69) is 61.5 Å². The predicted molar refractivity (Wildman–Crippen MR) is 176 cm³/mol. The van der Waals surface area contributed by atoms with E-state index in [1.54, 1.807) is 0 Å². The molecule has 0 amide bonds. The van der Waals surface area contributed by atoms with E-state index in [0.717, 1.165) is 51.4 Å². The van der Waals surface area contributed by atoms with Crippen molar-refractivity contribution in [2.75, 3.05) is 6.61 Å². The van der Waals surface area contributed by atoms with E-state index < -0.39 is 59.3 Å². The van der Waals surface area contributed by atoms with Crippen LogP contribution in [0.1, 0.15) is 120 Å². The summed E-state index contributed by atoms with van der Waals surface area (Å²) in [5.41, 5.74) is -1.94. The van der Waals surface area contributed by atoms with Crippen LogP contribution in [0.25, 0.3) is 0 Å².